The van der Waals surface area contributed by atoms with Gasteiger partial charge in [-0.25, -0.2) is 4.79 Å². The summed E-state index contributed by atoms with van der Waals surface area (Å²) >= 11 is 0. The molecule has 1 amide bonds. The van der Waals surface area contributed by atoms with Gasteiger partial charge in [0.15, 0.2) is 0 Å². The van der Waals surface area contributed by atoms with E-state index in [1.807, 2.05) is 0 Å². The molecule has 0 saturated heterocycles. The molecule has 0 aromatic heterocycles. The van der Waals surface area contributed by atoms with Crippen molar-refractivity contribution in [3.63, 3.8) is 0 Å². The quantitative estimate of drug-likeness (QED) is 0.754. The minimum atomic E-state index is -4.83. The molecule has 0 aliphatic rings. The van der Waals surface area contributed by atoms with Gasteiger partial charge in [-0.05, 0) is 23.3 Å². The molecule has 2 N–H and O–H groups in total. The lowest BCUT2D eigenvalue weighted by Crippen LogP contribution is -2.30. The van der Waals surface area contributed by atoms with Crippen molar-refractivity contribution in [3.05, 3.63) is 65.7 Å². The molecule has 9 heteroatoms. The van der Waals surface area contributed by atoms with Gasteiger partial charge >= 0.3 is 18.4 Å². The monoisotopic (exact) mass is 383 g/mol. The first-order chi connectivity index (χ1) is 12.7. The molecule has 0 fully saturated rings. The Morgan fingerprint density at radius 3 is 2.22 bits per heavy atom. The highest BCUT2D eigenvalue weighted by Crippen LogP contribution is 2.25. The van der Waals surface area contributed by atoms with Gasteiger partial charge in [0.1, 0.15) is 12.4 Å². The van der Waals surface area contributed by atoms with Crippen molar-refractivity contribution in [1.29, 1.82) is 0 Å². The van der Waals surface area contributed by atoms with Crippen molar-refractivity contribution in [2.45, 2.75) is 25.4 Å². The van der Waals surface area contributed by atoms with Crippen LogP contribution in [-0.2, 0) is 16.1 Å². The molecule has 2 aromatic rings. The van der Waals surface area contributed by atoms with Crippen molar-refractivity contribution in [3.8, 4) is 5.75 Å². The third-order valence-electron chi connectivity index (χ3n) is 3.40. The summed E-state index contributed by atoms with van der Waals surface area (Å²) in [4.78, 5) is 23.0. The smallest absolute Gasteiger partial charge is 0.481 e. The van der Waals surface area contributed by atoms with Crippen LogP contribution < -0.4 is 10.1 Å². The third-order valence-corrected chi connectivity index (χ3v) is 3.40. The van der Waals surface area contributed by atoms with E-state index in [1.54, 1.807) is 30.3 Å². The number of carboxylic acids is 1. The SMILES string of the molecule is O=C(O)CC(NC(=O)OCc1ccccc1)c1ccc(OC(F)(F)F)cc1. The highest BCUT2D eigenvalue weighted by atomic mass is 19.4. The van der Waals surface area contributed by atoms with Crippen molar-refractivity contribution in [2.75, 3.05) is 0 Å². The van der Waals surface area contributed by atoms with Gasteiger partial charge in [-0.3, -0.25) is 4.79 Å². The molecule has 1 unspecified atom stereocenters. The second-order valence-corrected chi connectivity index (χ2v) is 5.47. The number of aliphatic carboxylic acids is 1. The average molecular weight is 383 g/mol. The van der Waals surface area contributed by atoms with Crippen LogP contribution in [0.2, 0.25) is 0 Å². The highest BCUT2D eigenvalue weighted by molar-refractivity contribution is 5.72. The van der Waals surface area contributed by atoms with E-state index in [2.05, 4.69) is 10.1 Å². The normalized spacial score (nSPS) is 12.1. The molecule has 0 heterocycles. The van der Waals surface area contributed by atoms with Crippen LogP contribution >= 0.6 is 0 Å². The van der Waals surface area contributed by atoms with E-state index >= 15 is 0 Å². The van der Waals surface area contributed by atoms with Crippen molar-refractivity contribution in [1.82, 2.24) is 5.32 Å². The first-order valence-corrected chi connectivity index (χ1v) is 7.77. The zero-order chi connectivity index (χ0) is 19.9. The zero-order valence-electron chi connectivity index (χ0n) is 13.9. The molecule has 27 heavy (non-hydrogen) atoms. The maximum Gasteiger partial charge on any atom is 0.573 e. The molecule has 1 atom stereocenters. The number of benzene rings is 2. The fraction of sp³-hybridized carbons (Fsp3) is 0.222. The standard InChI is InChI=1S/C18H16F3NO5/c19-18(20,21)27-14-8-6-13(7-9-14)15(10-16(23)24)22-17(25)26-11-12-4-2-1-3-5-12/h1-9,15H,10-11H2,(H,22,25)(H,23,24). The first-order valence-electron chi connectivity index (χ1n) is 7.77. The number of rotatable bonds is 7. The number of nitrogens with one attached hydrogen (secondary N) is 1. The maximum atomic E-state index is 12.2. The number of carboxylic acid groups (broad SMARTS) is 1. The predicted molar refractivity (Wildman–Crippen MR) is 87.9 cm³/mol. The van der Waals surface area contributed by atoms with E-state index in [0.717, 1.165) is 17.7 Å². The molecule has 2 rings (SSSR count). The summed E-state index contributed by atoms with van der Waals surface area (Å²) in [7, 11) is 0. The van der Waals surface area contributed by atoms with Crippen LogP contribution in [0, 0.1) is 0 Å². The minimum Gasteiger partial charge on any atom is -0.481 e. The fourth-order valence-electron chi connectivity index (χ4n) is 2.24. The molecule has 0 aliphatic heterocycles. The van der Waals surface area contributed by atoms with Gasteiger partial charge in [-0.2, -0.15) is 0 Å². The summed E-state index contributed by atoms with van der Waals surface area (Å²) in [5.41, 5.74) is 1.04. The topological polar surface area (TPSA) is 84.9 Å². The van der Waals surface area contributed by atoms with Gasteiger partial charge in [0, 0.05) is 0 Å². The molecule has 2 aromatic carbocycles. The Hall–Kier alpha value is -3.23. The van der Waals surface area contributed by atoms with E-state index in [-0.39, 0.29) is 6.61 Å². The van der Waals surface area contributed by atoms with Crippen molar-refractivity contribution < 1.29 is 37.3 Å². The lowest BCUT2D eigenvalue weighted by Gasteiger charge is -2.18. The van der Waals surface area contributed by atoms with E-state index in [4.69, 9.17) is 9.84 Å². The minimum absolute atomic E-state index is 0.00910. The number of amides is 1. The van der Waals surface area contributed by atoms with E-state index in [9.17, 15) is 22.8 Å². The molecule has 0 bridgehead atoms. The Morgan fingerprint density at radius 2 is 1.67 bits per heavy atom. The van der Waals surface area contributed by atoms with Crippen molar-refractivity contribution >= 4 is 12.1 Å². The van der Waals surface area contributed by atoms with Gasteiger partial charge in [-0.15, -0.1) is 13.2 Å². The van der Waals surface area contributed by atoms with Crippen LogP contribution in [0.3, 0.4) is 0 Å². The van der Waals surface area contributed by atoms with Crippen LogP contribution in [0.15, 0.2) is 54.6 Å². The van der Waals surface area contributed by atoms with E-state index in [0.29, 0.717) is 5.56 Å². The molecule has 0 spiro atoms. The Balaban J connectivity index is 2.01. The molecule has 144 valence electrons. The molecule has 0 aliphatic carbocycles. The number of hydrogen-bond donors (Lipinski definition) is 2. The summed E-state index contributed by atoms with van der Waals surface area (Å²) in [5.74, 6) is -1.65. The van der Waals surface area contributed by atoms with E-state index < -0.39 is 36.6 Å². The van der Waals surface area contributed by atoms with Crippen LogP contribution in [0.5, 0.6) is 5.75 Å². The summed E-state index contributed by atoms with van der Waals surface area (Å²) in [5, 5.41) is 11.4. The number of alkyl halides is 3. The van der Waals surface area contributed by atoms with Gasteiger partial charge in [0.25, 0.3) is 0 Å². The number of ether oxygens (including phenoxy) is 2. The summed E-state index contributed by atoms with van der Waals surface area (Å²) in [6.07, 6.45) is -6.15. The maximum absolute atomic E-state index is 12.2. The Morgan fingerprint density at radius 1 is 1.04 bits per heavy atom. The molecule has 0 radical (unpaired) electrons. The molecular weight excluding hydrogens is 367 g/mol. The van der Waals surface area contributed by atoms with Gasteiger partial charge in [-0.1, -0.05) is 42.5 Å². The lowest BCUT2D eigenvalue weighted by molar-refractivity contribution is -0.274. The molecule has 0 saturated carbocycles. The first kappa shape index (κ1) is 20.1. The predicted octanol–water partition coefficient (Wildman–Crippen LogP) is 4.03. The fourth-order valence-corrected chi connectivity index (χ4v) is 2.24. The van der Waals surface area contributed by atoms with Gasteiger partial charge < -0.3 is 19.9 Å². The molecule has 6 nitrogen and oxygen atoms in total. The van der Waals surface area contributed by atoms with Crippen molar-refractivity contribution in [2.24, 2.45) is 0 Å². The van der Waals surface area contributed by atoms with Gasteiger partial charge in [0.2, 0.25) is 0 Å². The number of hydrogen-bond acceptors (Lipinski definition) is 4. The van der Waals surface area contributed by atoms with Crippen LogP contribution in [0.4, 0.5) is 18.0 Å². The van der Waals surface area contributed by atoms with Gasteiger partial charge in [0.05, 0.1) is 12.5 Å². The summed E-state index contributed by atoms with van der Waals surface area (Å²) in [6, 6.07) is 12.4. The Labute approximate surface area is 152 Å². The highest BCUT2D eigenvalue weighted by Gasteiger charge is 2.31. The average Bonchev–Trinajstić information content (AvgIpc) is 2.59. The lowest BCUT2D eigenvalue weighted by atomic mass is 10.0. The number of carbonyl (C=O) groups excluding carboxylic acids is 1. The third kappa shape index (κ3) is 7.27. The number of carbonyl (C=O) groups is 2. The number of halogens is 3. The second-order valence-electron chi connectivity index (χ2n) is 5.47. The second kappa shape index (κ2) is 8.93. The summed E-state index contributed by atoms with van der Waals surface area (Å²) < 4.78 is 45.4. The zero-order valence-corrected chi connectivity index (χ0v) is 13.9. The summed E-state index contributed by atoms with van der Waals surface area (Å²) in [6.45, 7) is -0.00910. The van der Waals surface area contributed by atoms with Crippen LogP contribution in [-0.4, -0.2) is 23.5 Å². The number of alkyl carbamates (subject to hydrolysis) is 1. The van der Waals surface area contributed by atoms with Crippen LogP contribution in [0.25, 0.3) is 0 Å². The van der Waals surface area contributed by atoms with Crippen LogP contribution in [0.1, 0.15) is 23.6 Å². The largest absolute Gasteiger partial charge is 0.573 e. The Kier molecular flexibility index (Phi) is 6.64. The molecular formula is C18H16F3NO5. The Bertz CT molecular complexity index is 763. The van der Waals surface area contributed by atoms with E-state index in [1.165, 1.54) is 12.1 Å².